The van der Waals surface area contributed by atoms with Gasteiger partial charge in [0.2, 0.25) is 0 Å². The summed E-state index contributed by atoms with van der Waals surface area (Å²) in [6, 6.07) is 4.55. The highest BCUT2D eigenvalue weighted by molar-refractivity contribution is 9.09. The summed E-state index contributed by atoms with van der Waals surface area (Å²) < 4.78 is 25.4. The Morgan fingerprint density at radius 3 is 2.19 bits per heavy atom. The second-order valence-corrected chi connectivity index (χ2v) is 9.25. The van der Waals surface area contributed by atoms with E-state index in [-0.39, 0.29) is 21.1 Å². The van der Waals surface area contributed by atoms with Gasteiger partial charge in [-0.05, 0) is 36.5 Å². The number of sulfone groups is 1. The average Bonchev–Trinajstić information content (AvgIpc) is 2.67. The van der Waals surface area contributed by atoms with E-state index in [9.17, 15) is 8.42 Å². The second-order valence-electron chi connectivity index (χ2n) is 5.88. The van der Waals surface area contributed by atoms with Gasteiger partial charge < -0.3 is 0 Å². The van der Waals surface area contributed by atoms with Crippen LogP contribution in [0.3, 0.4) is 0 Å². The molecule has 1 saturated carbocycles. The maximum Gasteiger partial charge on any atom is 0.179 e. The summed E-state index contributed by atoms with van der Waals surface area (Å²) in [5, 5.41) is 1.38. The minimum atomic E-state index is -3.36. The van der Waals surface area contributed by atoms with Gasteiger partial charge in [-0.2, -0.15) is 0 Å². The van der Waals surface area contributed by atoms with Crippen LogP contribution in [0.15, 0.2) is 23.1 Å². The number of hydrogen-bond donors (Lipinski definition) is 0. The molecule has 1 aliphatic rings. The Hall–Kier alpha value is 0.230. The molecule has 118 valence electrons. The molecule has 0 N–H and O–H groups in total. The lowest BCUT2D eigenvalue weighted by atomic mass is 9.85. The molecule has 0 aromatic heterocycles. The molecule has 1 aromatic rings. The summed E-state index contributed by atoms with van der Waals surface area (Å²) in [7, 11) is -3.36. The van der Waals surface area contributed by atoms with Gasteiger partial charge in [-0.3, -0.25) is 0 Å². The highest BCUT2D eigenvalue weighted by Crippen LogP contribution is 2.39. The lowest BCUT2D eigenvalue weighted by Gasteiger charge is -2.30. The average molecular weight is 414 g/mol. The maximum atomic E-state index is 12.7. The van der Waals surface area contributed by atoms with Gasteiger partial charge in [-0.25, -0.2) is 8.42 Å². The highest BCUT2D eigenvalue weighted by Gasteiger charge is 2.35. The van der Waals surface area contributed by atoms with Crippen LogP contribution in [0, 0.1) is 5.41 Å². The molecular formula is C15H19BrCl2O2S. The number of rotatable bonds is 4. The Kier molecular flexibility index (Phi) is 6.03. The Morgan fingerprint density at radius 1 is 1.05 bits per heavy atom. The normalized spacial score (nSPS) is 19.2. The first-order valence-electron chi connectivity index (χ1n) is 7.12. The molecule has 0 spiro atoms. The van der Waals surface area contributed by atoms with Crippen molar-refractivity contribution in [1.82, 2.24) is 0 Å². The van der Waals surface area contributed by atoms with Crippen molar-refractivity contribution in [1.29, 1.82) is 0 Å². The Bertz CT molecular complexity index is 594. The van der Waals surface area contributed by atoms with Crippen molar-refractivity contribution in [2.24, 2.45) is 5.41 Å². The Balaban J connectivity index is 2.27. The van der Waals surface area contributed by atoms with Crippen LogP contribution in [0.4, 0.5) is 0 Å². The first-order valence-corrected chi connectivity index (χ1v) is 10.7. The third-order valence-electron chi connectivity index (χ3n) is 4.19. The minimum absolute atomic E-state index is 0.165. The predicted octanol–water partition coefficient (Wildman–Crippen LogP) is 5.50. The lowest BCUT2D eigenvalue weighted by molar-refractivity contribution is 0.327. The van der Waals surface area contributed by atoms with Crippen molar-refractivity contribution in [2.75, 3.05) is 11.1 Å². The lowest BCUT2D eigenvalue weighted by Crippen LogP contribution is -2.31. The molecule has 0 amide bonds. The van der Waals surface area contributed by atoms with Crippen molar-refractivity contribution in [3.05, 3.63) is 28.2 Å². The quantitative estimate of drug-likeness (QED) is 0.482. The molecule has 1 aliphatic carbocycles. The van der Waals surface area contributed by atoms with E-state index >= 15 is 0 Å². The molecule has 1 fully saturated rings. The van der Waals surface area contributed by atoms with Gasteiger partial charge in [-0.1, -0.05) is 64.8 Å². The molecule has 0 bridgehead atoms. The zero-order valence-corrected chi connectivity index (χ0v) is 15.7. The van der Waals surface area contributed by atoms with E-state index in [4.69, 9.17) is 23.2 Å². The molecule has 0 saturated heterocycles. The van der Waals surface area contributed by atoms with Gasteiger partial charge >= 0.3 is 0 Å². The molecule has 0 radical (unpaired) electrons. The van der Waals surface area contributed by atoms with Gasteiger partial charge in [0.05, 0.1) is 20.7 Å². The van der Waals surface area contributed by atoms with Crippen molar-refractivity contribution >= 4 is 49.0 Å². The van der Waals surface area contributed by atoms with E-state index in [1.165, 1.54) is 18.9 Å². The first kappa shape index (κ1) is 17.6. The topological polar surface area (TPSA) is 34.1 Å². The van der Waals surface area contributed by atoms with Crippen LogP contribution in [0.25, 0.3) is 0 Å². The van der Waals surface area contributed by atoms with Crippen molar-refractivity contribution in [3.63, 3.8) is 0 Å². The molecule has 21 heavy (non-hydrogen) atoms. The fraction of sp³-hybridized carbons (Fsp3) is 0.600. The minimum Gasteiger partial charge on any atom is -0.224 e. The van der Waals surface area contributed by atoms with Crippen LogP contribution < -0.4 is 0 Å². The van der Waals surface area contributed by atoms with Crippen molar-refractivity contribution in [3.8, 4) is 0 Å². The van der Waals surface area contributed by atoms with Gasteiger partial charge in [-0.15, -0.1) is 0 Å². The van der Waals surface area contributed by atoms with Crippen LogP contribution in [-0.2, 0) is 9.84 Å². The van der Waals surface area contributed by atoms with Crippen LogP contribution in [0.1, 0.15) is 38.5 Å². The van der Waals surface area contributed by atoms with Crippen LogP contribution >= 0.6 is 39.1 Å². The van der Waals surface area contributed by atoms with Crippen molar-refractivity contribution in [2.45, 2.75) is 43.4 Å². The smallest absolute Gasteiger partial charge is 0.179 e. The van der Waals surface area contributed by atoms with Gasteiger partial charge in [0.25, 0.3) is 0 Å². The van der Waals surface area contributed by atoms with Crippen molar-refractivity contribution < 1.29 is 8.42 Å². The largest absolute Gasteiger partial charge is 0.224 e. The number of halogens is 3. The summed E-state index contributed by atoms with van der Waals surface area (Å²) >= 11 is 15.4. The monoisotopic (exact) mass is 412 g/mol. The Morgan fingerprint density at radius 2 is 1.67 bits per heavy atom. The van der Waals surface area contributed by atoms with E-state index in [1.807, 2.05) is 0 Å². The second kappa shape index (κ2) is 7.20. The zero-order valence-electron chi connectivity index (χ0n) is 11.7. The first-order chi connectivity index (χ1) is 9.88. The summed E-state index contributed by atoms with van der Waals surface area (Å²) in [6.07, 6.45) is 6.51. The molecule has 2 rings (SSSR count). The summed E-state index contributed by atoms with van der Waals surface area (Å²) in [5.74, 6) is 0.170. The summed E-state index contributed by atoms with van der Waals surface area (Å²) in [6.45, 7) is 0. The SMILES string of the molecule is O=S(=O)(CC1(CBr)CCCCCC1)c1ccc(Cl)c(Cl)c1. The fourth-order valence-corrected chi connectivity index (χ4v) is 6.27. The molecule has 0 atom stereocenters. The van der Waals surface area contributed by atoms with Gasteiger partial charge in [0, 0.05) is 5.33 Å². The summed E-state index contributed by atoms with van der Waals surface area (Å²) in [5.41, 5.74) is -0.165. The van der Waals surface area contributed by atoms with Gasteiger partial charge in [0.1, 0.15) is 0 Å². The molecule has 0 aliphatic heterocycles. The molecular weight excluding hydrogens is 395 g/mol. The van der Waals surface area contributed by atoms with E-state index in [1.54, 1.807) is 12.1 Å². The van der Waals surface area contributed by atoms with E-state index in [2.05, 4.69) is 15.9 Å². The highest BCUT2D eigenvalue weighted by atomic mass is 79.9. The third kappa shape index (κ3) is 4.37. The van der Waals surface area contributed by atoms with Crippen LogP contribution in [0.5, 0.6) is 0 Å². The summed E-state index contributed by atoms with van der Waals surface area (Å²) in [4.78, 5) is 0.265. The standard InChI is InChI=1S/C15H19BrCl2O2S/c16-10-15(7-3-1-2-4-8-15)11-21(19,20)12-5-6-13(17)14(18)9-12/h5-6,9H,1-4,7-8,10-11H2. The fourth-order valence-electron chi connectivity index (χ4n) is 2.95. The van der Waals surface area contributed by atoms with E-state index in [0.717, 1.165) is 31.0 Å². The Labute approximate surface area is 145 Å². The molecule has 0 unspecified atom stereocenters. The van der Waals surface area contributed by atoms with E-state index in [0.29, 0.717) is 5.02 Å². The number of hydrogen-bond acceptors (Lipinski definition) is 2. The zero-order chi connectivity index (χ0) is 15.5. The number of benzene rings is 1. The maximum absolute atomic E-state index is 12.7. The molecule has 1 aromatic carbocycles. The third-order valence-corrected chi connectivity index (χ3v) is 8.09. The van der Waals surface area contributed by atoms with Crippen LogP contribution in [-0.4, -0.2) is 19.5 Å². The van der Waals surface area contributed by atoms with Crippen LogP contribution in [0.2, 0.25) is 10.0 Å². The molecule has 2 nitrogen and oxygen atoms in total. The molecule has 0 heterocycles. The molecule has 6 heteroatoms. The predicted molar refractivity (Wildman–Crippen MR) is 92.4 cm³/mol. The number of alkyl halides is 1. The van der Waals surface area contributed by atoms with Gasteiger partial charge in [0.15, 0.2) is 9.84 Å². The van der Waals surface area contributed by atoms with E-state index < -0.39 is 9.84 Å².